The standard InChI is InChI=1S/C25H37N3O4S/c1-8-13-18(3)26-22(29)21(19-14-11-10-12-15-19)28(9-2)23(30)20(16-17-33-7)27-24(31)32-25(4,5)6/h2,10-12,14-15,18,20-21H,8,13,16-17H2,1,3-7H3,(H,26,29)(H,27,31). The Hall–Kier alpha value is -2.66. The monoisotopic (exact) mass is 475 g/mol. The summed E-state index contributed by atoms with van der Waals surface area (Å²) in [6.07, 6.45) is 9.01. The fourth-order valence-corrected chi connectivity index (χ4v) is 3.73. The molecule has 0 saturated carbocycles. The van der Waals surface area contributed by atoms with E-state index in [4.69, 9.17) is 11.2 Å². The minimum absolute atomic E-state index is 0.0735. The average molecular weight is 476 g/mol. The van der Waals surface area contributed by atoms with Crippen LogP contribution in [0.2, 0.25) is 0 Å². The third-order valence-electron chi connectivity index (χ3n) is 4.71. The predicted octanol–water partition coefficient (Wildman–Crippen LogP) is 4.10. The lowest BCUT2D eigenvalue weighted by atomic mass is 10.0. The Balaban J connectivity index is 3.26. The van der Waals surface area contributed by atoms with Gasteiger partial charge in [0, 0.05) is 12.1 Å². The van der Waals surface area contributed by atoms with Crippen molar-refractivity contribution in [2.45, 2.75) is 77.6 Å². The molecule has 3 amide bonds. The van der Waals surface area contributed by atoms with Crippen molar-refractivity contribution in [3.8, 4) is 12.5 Å². The third kappa shape index (κ3) is 9.79. The molecule has 0 radical (unpaired) electrons. The molecule has 182 valence electrons. The number of carbonyl (C=O) groups is 3. The first kappa shape index (κ1) is 28.4. The maximum Gasteiger partial charge on any atom is 0.408 e. The summed E-state index contributed by atoms with van der Waals surface area (Å²) >= 11 is 1.54. The van der Waals surface area contributed by atoms with E-state index in [0.717, 1.165) is 17.7 Å². The van der Waals surface area contributed by atoms with Gasteiger partial charge >= 0.3 is 6.09 Å². The van der Waals surface area contributed by atoms with Gasteiger partial charge in [0.05, 0.1) is 0 Å². The number of alkyl carbamates (subject to hydrolysis) is 1. The molecule has 0 aliphatic heterocycles. The molecule has 0 heterocycles. The number of terminal acetylenes is 1. The van der Waals surface area contributed by atoms with Gasteiger partial charge in [-0.05, 0) is 58.1 Å². The summed E-state index contributed by atoms with van der Waals surface area (Å²) in [5.74, 6) is -0.292. The Morgan fingerprint density at radius 2 is 1.79 bits per heavy atom. The highest BCUT2D eigenvalue weighted by atomic mass is 32.2. The quantitative estimate of drug-likeness (QED) is 0.372. The molecule has 0 bridgehead atoms. The zero-order chi connectivity index (χ0) is 25.0. The molecule has 0 saturated heterocycles. The largest absolute Gasteiger partial charge is 0.444 e. The van der Waals surface area contributed by atoms with Crippen molar-refractivity contribution in [2.75, 3.05) is 12.0 Å². The number of nitrogens with zero attached hydrogens (tertiary/aromatic N) is 1. The predicted molar refractivity (Wildman–Crippen MR) is 134 cm³/mol. The highest BCUT2D eigenvalue weighted by molar-refractivity contribution is 7.98. The Labute approximate surface area is 202 Å². The first-order valence-electron chi connectivity index (χ1n) is 11.2. The van der Waals surface area contributed by atoms with E-state index in [-0.39, 0.29) is 11.9 Å². The number of benzene rings is 1. The summed E-state index contributed by atoms with van der Waals surface area (Å²) in [7, 11) is 0. The van der Waals surface area contributed by atoms with Crippen LogP contribution in [0.5, 0.6) is 0 Å². The number of hydrogen-bond acceptors (Lipinski definition) is 5. The van der Waals surface area contributed by atoms with E-state index in [2.05, 4.69) is 16.7 Å². The molecule has 1 rings (SSSR count). The van der Waals surface area contributed by atoms with Crippen molar-refractivity contribution in [3.05, 3.63) is 35.9 Å². The van der Waals surface area contributed by atoms with Crippen LogP contribution in [-0.4, -0.2) is 52.5 Å². The smallest absolute Gasteiger partial charge is 0.408 e. The molecule has 0 aliphatic rings. The minimum atomic E-state index is -1.03. The van der Waals surface area contributed by atoms with Gasteiger partial charge < -0.3 is 15.4 Å². The van der Waals surface area contributed by atoms with Crippen LogP contribution >= 0.6 is 11.8 Å². The van der Waals surface area contributed by atoms with E-state index in [9.17, 15) is 14.4 Å². The van der Waals surface area contributed by atoms with Crippen LogP contribution in [-0.2, 0) is 14.3 Å². The Bertz CT molecular complexity index is 817. The zero-order valence-corrected chi connectivity index (χ0v) is 21.3. The molecule has 0 aromatic heterocycles. The van der Waals surface area contributed by atoms with Gasteiger partial charge in [-0.25, -0.2) is 4.79 Å². The van der Waals surface area contributed by atoms with Gasteiger partial charge in [0.2, 0.25) is 5.91 Å². The summed E-state index contributed by atoms with van der Waals surface area (Å²) < 4.78 is 5.33. The summed E-state index contributed by atoms with van der Waals surface area (Å²) in [4.78, 5) is 40.3. The van der Waals surface area contributed by atoms with E-state index in [0.29, 0.717) is 17.7 Å². The normalized spacial score (nSPS) is 13.7. The fraction of sp³-hybridized carbons (Fsp3) is 0.560. The van der Waals surface area contributed by atoms with Crippen molar-refractivity contribution >= 4 is 29.7 Å². The number of rotatable bonds is 11. The summed E-state index contributed by atoms with van der Waals surface area (Å²) in [5, 5.41) is 5.59. The van der Waals surface area contributed by atoms with Gasteiger partial charge in [-0.1, -0.05) is 50.1 Å². The highest BCUT2D eigenvalue weighted by Gasteiger charge is 2.36. The van der Waals surface area contributed by atoms with Crippen molar-refractivity contribution < 1.29 is 19.1 Å². The molecule has 8 heteroatoms. The first-order chi connectivity index (χ1) is 15.5. The number of carbonyl (C=O) groups excluding carboxylic acids is 3. The zero-order valence-electron chi connectivity index (χ0n) is 20.5. The lowest BCUT2D eigenvalue weighted by Crippen LogP contribution is -2.52. The van der Waals surface area contributed by atoms with Gasteiger partial charge in [0.25, 0.3) is 5.91 Å². The molecule has 0 aliphatic carbocycles. The number of thioether (sulfide) groups is 1. The van der Waals surface area contributed by atoms with E-state index in [1.165, 1.54) is 11.8 Å². The second kappa shape index (κ2) is 13.8. The maximum absolute atomic E-state index is 13.5. The SMILES string of the molecule is C#CN(C(=O)C(CCSC)NC(=O)OC(C)(C)C)C(C(=O)NC(C)CCC)c1ccccc1. The van der Waals surface area contributed by atoms with Crippen molar-refractivity contribution in [2.24, 2.45) is 0 Å². The van der Waals surface area contributed by atoms with Gasteiger partial charge in [0.15, 0.2) is 0 Å². The van der Waals surface area contributed by atoms with Gasteiger partial charge in [-0.3, -0.25) is 14.5 Å². The topological polar surface area (TPSA) is 87.7 Å². The van der Waals surface area contributed by atoms with Crippen LogP contribution in [0.1, 0.15) is 65.5 Å². The molecular weight excluding hydrogens is 438 g/mol. The summed E-state index contributed by atoms with van der Waals surface area (Å²) in [5.41, 5.74) is -0.129. The Morgan fingerprint density at radius 1 is 1.15 bits per heavy atom. The molecule has 0 fully saturated rings. The molecule has 33 heavy (non-hydrogen) atoms. The highest BCUT2D eigenvalue weighted by Crippen LogP contribution is 2.23. The Kier molecular flexibility index (Phi) is 11.9. The third-order valence-corrected chi connectivity index (χ3v) is 5.35. The molecular formula is C25H37N3O4S. The van der Waals surface area contributed by atoms with Crippen LogP contribution in [0.15, 0.2) is 30.3 Å². The first-order valence-corrected chi connectivity index (χ1v) is 12.6. The van der Waals surface area contributed by atoms with Crippen molar-refractivity contribution in [1.82, 2.24) is 15.5 Å². The lowest BCUT2D eigenvalue weighted by molar-refractivity contribution is -0.138. The van der Waals surface area contributed by atoms with Crippen molar-refractivity contribution in [3.63, 3.8) is 0 Å². The van der Waals surface area contributed by atoms with Crippen LogP contribution in [0.3, 0.4) is 0 Å². The molecule has 1 aromatic carbocycles. The van der Waals surface area contributed by atoms with Crippen LogP contribution in [0.25, 0.3) is 0 Å². The number of ether oxygens (including phenoxy) is 1. The second-order valence-electron chi connectivity index (χ2n) is 8.83. The lowest BCUT2D eigenvalue weighted by Gasteiger charge is -2.31. The molecule has 3 atom stereocenters. The summed E-state index contributed by atoms with van der Waals surface area (Å²) in [6.45, 7) is 9.18. The van der Waals surface area contributed by atoms with Crippen molar-refractivity contribution in [1.29, 1.82) is 0 Å². The Morgan fingerprint density at radius 3 is 2.30 bits per heavy atom. The fourth-order valence-electron chi connectivity index (χ4n) is 3.26. The van der Waals surface area contributed by atoms with E-state index in [1.54, 1.807) is 45.0 Å². The molecule has 1 aromatic rings. The number of nitrogens with one attached hydrogen (secondary N) is 2. The second-order valence-corrected chi connectivity index (χ2v) is 9.81. The van der Waals surface area contributed by atoms with Crippen LogP contribution in [0, 0.1) is 12.5 Å². The molecule has 2 N–H and O–H groups in total. The van der Waals surface area contributed by atoms with Gasteiger partial charge in [-0.2, -0.15) is 11.8 Å². The van der Waals surface area contributed by atoms with E-state index >= 15 is 0 Å². The van der Waals surface area contributed by atoms with Gasteiger partial charge in [-0.15, -0.1) is 0 Å². The maximum atomic E-state index is 13.5. The minimum Gasteiger partial charge on any atom is -0.444 e. The molecule has 0 spiro atoms. The number of hydrogen-bond donors (Lipinski definition) is 2. The average Bonchev–Trinajstić information content (AvgIpc) is 2.73. The van der Waals surface area contributed by atoms with E-state index in [1.807, 2.05) is 26.2 Å². The molecule has 7 nitrogen and oxygen atoms in total. The summed E-state index contributed by atoms with van der Waals surface area (Å²) in [6, 6.07) is 9.26. The van der Waals surface area contributed by atoms with Gasteiger partial charge in [0.1, 0.15) is 17.7 Å². The van der Waals surface area contributed by atoms with Crippen LogP contribution in [0.4, 0.5) is 4.79 Å². The van der Waals surface area contributed by atoms with E-state index < -0.39 is 29.7 Å². The molecule has 3 unspecified atom stereocenters. The van der Waals surface area contributed by atoms with Crippen LogP contribution < -0.4 is 10.6 Å². The number of amides is 3.